The number of allylic oxidation sites excluding steroid dienone is 2. The Morgan fingerprint density at radius 3 is 2.81 bits per heavy atom. The number of nitrogens with zero attached hydrogens (tertiary/aromatic N) is 3. The second-order valence-corrected chi connectivity index (χ2v) is 7.84. The van der Waals surface area contributed by atoms with Crippen molar-refractivity contribution in [3.05, 3.63) is 29.9 Å². The van der Waals surface area contributed by atoms with E-state index in [1.807, 2.05) is 18.3 Å². The maximum Gasteiger partial charge on any atom is 0.226 e. The van der Waals surface area contributed by atoms with Crippen LogP contribution >= 0.6 is 0 Å². The summed E-state index contributed by atoms with van der Waals surface area (Å²) in [6.45, 7) is 4.49. The normalized spacial score (nSPS) is 24.2. The first-order chi connectivity index (χ1) is 12.7. The maximum atomic E-state index is 12.9. The molecule has 1 fully saturated rings. The summed E-state index contributed by atoms with van der Waals surface area (Å²) in [7, 11) is 2.04. The second-order valence-electron chi connectivity index (χ2n) is 7.84. The van der Waals surface area contributed by atoms with Crippen LogP contribution < -0.4 is 0 Å². The van der Waals surface area contributed by atoms with Gasteiger partial charge in [-0.3, -0.25) is 4.79 Å². The van der Waals surface area contributed by atoms with E-state index < -0.39 is 0 Å². The molecule has 3 heterocycles. The van der Waals surface area contributed by atoms with Crippen LogP contribution in [0.2, 0.25) is 0 Å². The van der Waals surface area contributed by atoms with Crippen molar-refractivity contribution in [2.75, 3.05) is 33.0 Å². The highest BCUT2D eigenvalue weighted by atomic mass is 16.5. The molecular weight excluding hydrogens is 330 g/mol. The first-order valence-corrected chi connectivity index (χ1v) is 9.81. The average Bonchev–Trinajstić information content (AvgIpc) is 3.32. The summed E-state index contributed by atoms with van der Waals surface area (Å²) in [5.41, 5.74) is 2.25. The summed E-state index contributed by atoms with van der Waals surface area (Å²) in [4.78, 5) is 19.4. The smallest absolute Gasteiger partial charge is 0.226 e. The largest absolute Gasteiger partial charge is 0.381 e. The third-order valence-electron chi connectivity index (χ3n) is 5.91. The maximum absolute atomic E-state index is 12.9. The molecule has 3 aliphatic rings. The van der Waals surface area contributed by atoms with Crippen LogP contribution in [0.3, 0.4) is 0 Å². The molecule has 2 aliphatic heterocycles. The summed E-state index contributed by atoms with van der Waals surface area (Å²) in [5.74, 6) is 1.18. The van der Waals surface area contributed by atoms with Crippen LogP contribution in [0.15, 0.2) is 18.5 Å². The van der Waals surface area contributed by atoms with Crippen LogP contribution in [0.5, 0.6) is 0 Å². The topological polar surface area (TPSA) is 56.6 Å². The number of fused-ring (bicyclic) bond motifs is 1. The standard InChI is InChI=1S/C20H29N3O3/c1-22-14-21-18-11-23(20(24)16-4-2-3-5-16)10-17(19(18)22)13-26-12-15-6-8-25-9-7-15/h2-3,14-17H,4-13H2,1H3/t17-/m1/s1. The van der Waals surface area contributed by atoms with E-state index in [-0.39, 0.29) is 17.7 Å². The Hall–Kier alpha value is -1.66. The molecule has 0 bridgehead atoms. The molecule has 1 saturated heterocycles. The lowest BCUT2D eigenvalue weighted by atomic mass is 9.96. The Balaban J connectivity index is 1.40. The van der Waals surface area contributed by atoms with Crippen LogP contribution in [0.25, 0.3) is 0 Å². The predicted molar refractivity (Wildman–Crippen MR) is 97.6 cm³/mol. The van der Waals surface area contributed by atoms with E-state index in [4.69, 9.17) is 9.47 Å². The number of ether oxygens (including phenoxy) is 2. The molecule has 0 spiro atoms. The van der Waals surface area contributed by atoms with Gasteiger partial charge in [0.05, 0.1) is 25.2 Å². The van der Waals surface area contributed by atoms with Gasteiger partial charge in [0, 0.05) is 50.9 Å². The molecule has 6 heteroatoms. The van der Waals surface area contributed by atoms with Crippen molar-refractivity contribution in [2.24, 2.45) is 18.9 Å². The van der Waals surface area contributed by atoms with Crippen LogP contribution in [0.1, 0.15) is 43.0 Å². The Labute approximate surface area is 155 Å². The third kappa shape index (κ3) is 3.71. The zero-order chi connectivity index (χ0) is 17.9. The summed E-state index contributed by atoms with van der Waals surface area (Å²) in [6.07, 6.45) is 10.0. The summed E-state index contributed by atoms with van der Waals surface area (Å²) in [6, 6.07) is 0. The minimum Gasteiger partial charge on any atom is -0.381 e. The molecule has 0 aromatic carbocycles. The molecule has 1 aromatic heterocycles. The monoisotopic (exact) mass is 359 g/mol. The number of hydrogen-bond donors (Lipinski definition) is 0. The van der Waals surface area contributed by atoms with Crippen molar-refractivity contribution in [2.45, 2.75) is 38.1 Å². The van der Waals surface area contributed by atoms with E-state index in [9.17, 15) is 4.79 Å². The summed E-state index contributed by atoms with van der Waals surface area (Å²) in [5, 5.41) is 0. The van der Waals surface area contributed by atoms with Crippen molar-refractivity contribution in [1.82, 2.24) is 14.5 Å². The van der Waals surface area contributed by atoms with Gasteiger partial charge in [-0.05, 0) is 31.6 Å². The molecule has 1 aromatic rings. The zero-order valence-corrected chi connectivity index (χ0v) is 15.6. The number of aryl methyl sites for hydroxylation is 1. The van der Waals surface area contributed by atoms with Crippen LogP contribution in [0.4, 0.5) is 0 Å². The van der Waals surface area contributed by atoms with Crippen molar-refractivity contribution in [3.8, 4) is 0 Å². The fourth-order valence-electron chi connectivity index (χ4n) is 4.40. The number of imidazole rings is 1. The first-order valence-electron chi connectivity index (χ1n) is 9.81. The molecule has 6 nitrogen and oxygen atoms in total. The van der Waals surface area contributed by atoms with Gasteiger partial charge in [-0.1, -0.05) is 12.2 Å². The van der Waals surface area contributed by atoms with E-state index in [2.05, 4.69) is 21.7 Å². The van der Waals surface area contributed by atoms with E-state index in [1.54, 1.807) is 0 Å². The highest BCUT2D eigenvalue weighted by molar-refractivity contribution is 5.80. The number of carbonyl (C=O) groups is 1. The molecule has 0 saturated carbocycles. The number of rotatable bonds is 5. The molecule has 4 rings (SSSR count). The first kappa shape index (κ1) is 17.7. The SMILES string of the molecule is Cn1cnc2c1[C@@H](COCC1CCOCC1)CN(C(=O)C1CC=CC1)C2. The Bertz CT molecular complexity index is 655. The van der Waals surface area contributed by atoms with Gasteiger partial charge < -0.3 is 18.9 Å². The van der Waals surface area contributed by atoms with Gasteiger partial charge in [0.1, 0.15) is 0 Å². The molecule has 0 N–H and O–H groups in total. The lowest BCUT2D eigenvalue weighted by Gasteiger charge is -2.34. The van der Waals surface area contributed by atoms with Gasteiger partial charge in [-0.15, -0.1) is 0 Å². The van der Waals surface area contributed by atoms with Crippen molar-refractivity contribution < 1.29 is 14.3 Å². The summed E-state index contributed by atoms with van der Waals surface area (Å²) < 4.78 is 13.6. The van der Waals surface area contributed by atoms with Crippen molar-refractivity contribution >= 4 is 5.91 Å². The minimum atomic E-state index is 0.115. The molecular formula is C20H29N3O3. The van der Waals surface area contributed by atoms with E-state index in [0.717, 1.165) is 57.7 Å². The van der Waals surface area contributed by atoms with Gasteiger partial charge in [-0.2, -0.15) is 0 Å². The van der Waals surface area contributed by atoms with Crippen LogP contribution in [0, 0.1) is 11.8 Å². The van der Waals surface area contributed by atoms with E-state index >= 15 is 0 Å². The van der Waals surface area contributed by atoms with Gasteiger partial charge in [0.2, 0.25) is 5.91 Å². The molecule has 26 heavy (non-hydrogen) atoms. The number of carbonyl (C=O) groups excluding carboxylic acids is 1. The molecule has 1 amide bonds. The van der Waals surface area contributed by atoms with Crippen LogP contribution in [-0.2, 0) is 27.9 Å². The minimum absolute atomic E-state index is 0.115. The van der Waals surface area contributed by atoms with Gasteiger partial charge in [0.15, 0.2) is 0 Å². The number of aromatic nitrogens is 2. The molecule has 0 unspecified atom stereocenters. The predicted octanol–water partition coefficient (Wildman–Crippen LogP) is 2.26. The van der Waals surface area contributed by atoms with Crippen molar-refractivity contribution in [1.29, 1.82) is 0 Å². The van der Waals surface area contributed by atoms with Crippen LogP contribution in [-0.4, -0.2) is 53.3 Å². The number of amides is 1. The average molecular weight is 359 g/mol. The molecule has 142 valence electrons. The zero-order valence-electron chi connectivity index (χ0n) is 15.6. The Morgan fingerprint density at radius 1 is 1.27 bits per heavy atom. The molecule has 1 aliphatic carbocycles. The lowest BCUT2D eigenvalue weighted by molar-refractivity contribution is -0.136. The third-order valence-corrected chi connectivity index (χ3v) is 5.91. The Morgan fingerprint density at radius 2 is 2.04 bits per heavy atom. The van der Waals surface area contributed by atoms with E-state index in [0.29, 0.717) is 19.1 Å². The second kappa shape index (κ2) is 7.92. The molecule has 1 atom stereocenters. The van der Waals surface area contributed by atoms with Crippen molar-refractivity contribution in [3.63, 3.8) is 0 Å². The lowest BCUT2D eigenvalue weighted by Crippen LogP contribution is -2.42. The number of hydrogen-bond acceptors (Lipinski definition) is 4. The Kier molecular flexibility index (Phi) is 5.41. The van der Waals surface area contributed by atoms with Gasteiger partial charge >= 0.3 is 0 Å². The summed E-state index contributed by atoms with van der Waals surface area (Å²) >= 11 is 0. The molecule has 0 radical (unpaired) electrons. The highest BCUT2D eigenvalue weighted by Crippen LogP contribution is 2.31. The van der Waals surface area contributed by atoms with Gasteiger partial charge in [0.25, 0.3) is 0 Å². The fraction of sp³-hybridized carbons (Fsp3) is 0.700. The quantitative estimate of drug-likeness (QED) is 0.757. The van der Waals surface area contributed by atoms with Gasteiger partial charge in [-0.25, -0.2) is 4.98 Å². The van der Waals surface area contributed by atoms with E-state index in [1.165, 1.54) is 5.69 Å². The fourth-order valence-corrected chi connectivity index (χ4v) is 4.40. The highest BCUT2D eigenvalue weighted by Gasteiger charge is 2.34.